The van der Waals surface area contributed by atoms with Crippen LogP contribution in [0.5, 0.6) is 11.5 Å². The monoisotopic (exact) mass is 462 g/mol. The lowest BCUT2D eigenvalue weighted by Gasteiger charge is -2.10. The number of nitrogens with zero attached hydrogens (tertiary/aromatic N) is 3. The van der Waals surface area contributed by atoms with Crippen molar-refractivity contribution in [1.82, 2.24) is 19.3 Å². The molecule has 0 unspecified atom stereocenters. The molecule has 0 spiro atoms. The first-order valence-electron chi connectivity index (χ1n) is 9.22. The maximum atomic E-state index is 13.1. The Hall–Kier alpha value is -3.02. The molecule has 0 amide bonds. The van der Waals surface area contributed by atoms with Gasteiger partial charge in [0, 0.05) is 30.0 Å². The van der Waals surface area contributed by atoms with Crippen molar-refractivity contribution in [1.29, 1.82) is 0 Å². The number of halogens is 1. The maximum Gasteiger partial charge on any atom is 0.240 e. The fourth-order valence-corrected chi connectivity index (χ4v) is 4.90. The summed E-state index contributed by atoms with van der Waals surface area (Å²) in [6.45, 7) is 0.175. The number of fused-ring (bicyclic) bond motifs is 1. The lowest BCUT2D eigenvalue weighted by atomic mass is 10.2. The van der Waals surface area contributed by atoms with E-state index in [2.05, 4.69) is 14.8 Å². The van der Waals surface area contributed by atoms with Crippen LogP contribution in [0.25, 0.3) is 16.3 Å². The summed E-state index contributed by atoms with van der Waals surface area (Å²) in [5, 5.41) is 6.36. The Bertz CT molecular complexity index is 1320. The van der Waals surface area contributed by atoms with Crippen molar-refractivity contribution < 1.29 is 22.3 Å². The van der Waals surface area contributed by atoms with Crippen LogP contribution in [0.3, 0.4) is 0 Å². The van der Waals surface area contributed by atoms with Crippen LogP contribution in [-0.4, -0.2) is 43.8 Å². The van der Waals surface area contributed by atoms with Gasteiger partial charge in [-0.3, -0.25) is 0 Å². The van der Waals surface area contributed by atoms with Gasteiger partial charge in [0.15, 0.2) is 17.3 Å². The summed E-state index contributed by atoms with van der Waals surface area (Å²) in [5.41, 5.74) is 1.52. The van der Waals surface area contributed by atoms with E-state index in [1.54, 1.807) is 22.7 Å². The first kappa shape index (κ1) is 21.2. The Morgan fingerprint density at radius 1 is 1.10 bits per heavy atom. The van der Waals surface area contributed by atoms with Crippen LogP contribution >= 0.6 is 11.3 Å². The molecule has 1 N–H and O–H groups in total. The molecule has 2 heterocycles. The quantitative estimate of drug-likeness (QED) is 0.432. The fraction of sp³-hybridized carbons (Fsp3) is 0.200. The molecule has 4 aromatic rings. The smallest absolute Gasteiger partial charge is 0.240 e. The summed E-state index contributed by atoms with van der Waals surface area (Å²) in [5.74, 6) is 0.942. The number of nitrogens with one attached hydrogen (secondary N) is 1. The second kappa shape index (κ2) is 8.61. The molecule has 0 saturated heterocycles. The Kier molecular flexibility index (Phi) is 5.90. The largest absolute Gasteiger partial charge is 0.493 e. The molecule has 0 aliphatic carbocycles. The Labute approximate surface area is 182 Å². The van der Waals surface area contributed by atoms with Crippen molar-refractivity contribution in [3.05, 3.63) is 59.4 Å². The average Bonchev–Trinajstić information content (AvgIpc) is 3.35. The molecule has 31 heavy (non-hydrogen) atoms. The Balaban J connectivity index is 1.47. The number of methoxy groups -OCH3 is 2. The highest BCUT2D eigenvalue weighted by atomic mass is 32.2. The molecular formula is C20H19FN4O4S2. The highest BCUT2D eigenvalue weighted by molar-refractivity contribution is 7.89. The lowest BCUT2D eigenvalue weighted by molar-refractivity contribution is 0.354. The minimum absolute atomic E-state index is 0.0833. The molecule has 0 aliphatic heterocycles. The van der Waals surface area contributed by atoms with Gasteiger partial charge in [0.1, 0.15) is 5.82 Å². The van der Waals surface area contributed by atoms with Crippen molar-refractivity contribution in [3.8, 4) is 22.9 Å². The van der Waals surface area contributed by atoms with Crippen LogP contribution in [0.15, 0.2) is 52.7 Å². The van der Waals surface area contributed by atoms with Crippen LogP contribution in [0, 0.1) is 5.82 Å². The number of benzene rings is 2. The van der Waals surface area contributed by atoms with E-state index in [9.17, 15) is 12.8 Å². The predicted molar refractivity (Wildman–Crippen MR) is 115 cm³/mol. The second-order valence-corrected chi connectivity index (χ2v) is 9.13. The molecule has 0 saturated carbocycles. The van der Waals surface area contributed by atoms with Gasteiger partial charge in [-0.25, -0.2) is 22.0 Å². The minimum atomic E-state index is -3.73. The normalized spacial score (nSPS) is 11.7. The van der Waals surface area contributed by atoms with Crippen molar-refractivity contribution in [2.45, 2.75) is 11.3 Å². The summed E-state index contributed by atoms with van der Waals surface area (Å²) < 4.78 is 53.0. The van der Waals surface area contributed by atoms with E-state index in [0.29, 0.717) is 34.3 Å². The summed E-state index contributed by atoms with van der Waals surface area (Å²) in [7, 11) is -0.799. The van der Waals surface area contributed by atoms with E-state index in [1.165, 1.54) is 49.8 Å². The van der Waals surface area contributed by atoms with Gasteiger partial charge in [-0.1, -0.05) is 0 Å². The van der Waals surface area contributed by atoms with Crippen molar-refractivity contribution in [2.75, 3.05) is 20.8 Å². The molecule has 2 aromatic heterocycles. The van der Waals surface area contributed by atoms with E-state index in [4.69, 9.17) is 9.47 Å². The van der Waals surface area contributed by atoms with Crippen LogP contribution in [0.1, 0.15) is 5.69 Å². The number of rotatable bonds is 8. The minimum Gasteiger partial charge on any atom is -0.493 e. The molecule has 11 heteroatoms. The van der Waals surface area contributed by atoms with Crippen LogP contribution < -0.4 is 14.2 Å². The topological polar surface area (TPSA) is 94.8 Å². The summed E-state index contributed by atoms with van der Waals surface area (Å²) in [4.78, 5) is 5.22. The molecule has 2 aromatic carbocycles. The van der Waals surface area contributed by atoms with Crippen molar-refractivity contribution >= 4 is 26.3 Å². The first-order valence-corrected chi connectivity index (χ1v) is 11.6. The van der Waals surface area contributed by atoms with Gasteiger partial charge >= 0.3 is 0 Å². The van der Waals surface area contributed by atoms with E-state index >= 15 is 0 Å². The number of thiazole rings is 1. The van der Waals surface area contributed by atoms with Gasteiger partial charge in [0.2, 0.25) is 15.0 Å². The fourth-order valence-electron chi connectivity index (χ4n) is 3.00. The number of ether oxygens (including phenoxy) is 2. The van der Waals surface area contributed by atoms with E-state index in [-0.39, 0.29) is 17.3 Å². The molecular weight excluding hydrogens is 443 g/mol. The van der Waals surface area contributed by atoms with E-state index in [0.717, 1.165) is 5.69 Å². The van der Waals surface area contributed by atoms with Crippen molar-refractivity contribution in [3.63, 3.8) is 0 Å². The standard InChI is InChI=1S/C20H19FN4O4S2/c1-28-17-8-7-16(11-18(17)29-2)31(26,27)22-10-9-15-12-30-20-23-19(24-25(15)20)13-3-5-14(21)6-4-13/h3-8,11-12,22H,9-10H2,1-2H3. The van der Waals surface area contributed by atoms with E-state index in [1.807, 2.05) is 5.38 Å². The van der Waals surface area contributed by atoms with E-state index < -0.39 is 10.0 Å². The van der Waals surface area contributed by atoms with Gasteiger partial charge in [0.05, 0.1) is 24.8 Å². The van der Waals surface area contributed by atoms with Gasteiger partial charge in [-0.05, 0) is 36.4 Å². The molecule has 0 fully saturated rings. The zero-order valence-electron chi connectivity index (χ0n) is 16.7. The average molecular weight is 463 g/mol. The van der Waals surface area contributed by atoms with Gasteiger partial charge in [-0.15, -0.1) is 16.4 Å². The SMILES string of the molecule is COc1ccc(S(=O)(=O)NCCc2csc3nc(-c4ccc(F)cc4)nn23)cc1OC. The third kappa shape index (κ3) is 4.38. The molecule has 0 aliphatic rings. The van der Waals surface area contributed by atoms with Crippen molar-refractivity contribution in [2.24, 2.45) is 0 Å². The maximum absolute atomic E-state index is 13.1. The third-order valence-electron chi connectivity index (χ3n) is 4.59. The predicted octanol–water partition coefficient (Wildman–Crippen LogP) is 3.14. The second-order valence-electron chi connectivity index (χ2n) is 6.53. The summed E-state index contributed by atoms with van der Waals surface area (Å²) in [6.07, 6.45) is 0.415. The molecule has 4 rings (SSSR count). The zero-order chi connectivity index (χ0) is 22.0. The molecule has 0 atom stereocenters. The van der Waals surface area contributed by atoms with Gasteiger partial charge < -0.3 is 9.47 Å². The van der Waals surface area contributed by atoms with Gasteiger partial charge in [0.25, 0.3) is 0 Å². The Morgan fingerprint density at radius 2 is 1.84 bits per heavy atom. The highest BCUT2D eigenvalue weighted by Crippen LogP contribution is 2.29. The number of hydrogen-bond acceptors (Lipinski definition) is 7. The summed E-state index contributed by atoms with van der Waals surface area (Å²) in [6, 6.07) is 10.4. The molecule has 0 bridgehead atoms. The molecule has 162 valence electrons. The number of hydrogen-bond donors (Lipinski definition) is 1. The number of aromatic nitrogens is 3. The lowest BCUT2D eigenvalue weighted by Crippen LogP contribution is -2.26. The van der Waals surface area contributed by atoms with Gasteiger partial charge in [-0.2, -0.15) is 4.98 Å². The van der Waals surface area contributed by atoms with Crippen LogP contribution in [-0.2, 0) is 16.4 Å². The molecule has 0 radical (unpaired) electrons. The Morgan fingerprint density at radius 3 is 2.55 bits per heavy atom. The van der Waals surface area contributed by atoms with Crippen LogP contribution in [0.4, 0.5) is 4.39 Å². The highest BCUT2D eigenvalue weighted by Gasteiger charge is 2.18. The summed E-state index contributed by atoms with van der Waals surface area (Å²) >= 11 is 1.40. The zero-order valence-corrected chi connectivity index (χ0v) is 18.3. The molecule has 8 nitrogen and oxygen atoms in total. The third-order valence-corrected chi connectivity index (χ3v) is 6.91. The first-order chi connectivity index (χ1) is 14.9. The number of sulfonamides is 1. The van der Waals surface area contributed by atoms with Crippen LogP contribution in [0.2, 0.25) is 0 Å².